The summed E-state index contributed by atoms with van der Waals surface area (Å²) in [5.41, 5.74) is 0. The van der Waals surface area contributed by atoms with E-state index in [0.717, 1.165) is 25.9 Å². The van der Waals surface area contributed by atoms with Crippen molar-refractivity contribution in [3.63, 3.8) is 0 Å². The summed E-state index contributed by atoms with van der Waals surface area (Å²) in [5.74, 6) is 0.738. The van der Waals surface area contributed by atoms with Crippen molar-refractivity contribution in [3.8, 4) is 0 Å². The van der Waals surface area contributed by atoms with Crippen LogP contribution in [0.15, 0.2) is 0 Å². The third-order valence-corrected chi connectivity index (χ3v) is 5.52. The van der Waals surface area contributed by atoms with Crippen molar-refractivity contribution >= 4 is 5.91 Å². The van der Waals surface area contributed by atoms with Crippen molar-refractivity contribution in [2.24, 2.45) is 5.92 Å². The van der Waals surface area contributed by atoms with Crippen LogP contribution in [0.5, 0.6) is 0 Å². The highest BCUT2D eigenvalue weighted by Crippen LogP contribution is 2.34. The van der Waals surface area contributed by atoms with Gasteiger partial charge in [-0.3, -0.25) is 9.69 Å². The lowest BCUT2D eigenvalue weighted by Crippen LogP contribution is -2.44. The molecule has 1 aliphatic carbocycles. The van der Waals surface area contributed by atoms with E-state index in [1.807, 2.05) is 0 Å². The number of aliphatic hydroxyl groups excluding tert-OH is 1. The van der Waals surface area contributed by atoms with Gasteiger partial charge in [-0.1, -0.05) is 19.3 Å². The van der Waals surface area contributed by atoms with Gasteiger partial charge in [0.05, 0.1) is 18.8 Å². The highest BCUT2D eigenvalue weighted by molar-refractivity contribution is 5.78. The highest BCUT2D eigenvalue weighted by atomic mass is 16.5. The van der Waals surface area contributed by atoms with Crippen LogP contribution in [-0.2, 0) is 9.53 Å². The van der Waals surface area contributed by atoms with Crippen LogP contribution in [-0.4, -0.2) is 60.4 Å². The third kappa shape index (κ3) is 4.21. The van der Waals surface area contributed by atoms with Gasteiger partial charge < -0.3 is 15.2 Å². The lowest BCUT2D eigenvalue weighted by molar-refractivity contribution is -0.123. The van der Waals surface area contributed by atoms with E-state index in [9.17, 15) is 9.90 Å². The Morgan fingerprint density at radius 3 is 2.73 bits per heavy atom. The highest BCUT2D eigenvalue weighted by Gasteiger charge is 2.37. The van der Waals surface area contributed by atoms with Gasteiger partial charge in [-0.25, -0.2) is 0 Å². The molecule has 3 atom stereocenters. The molecule has 0 unspecified atom stereocenters. The lowest BCUT2D eigenvalue weighted by Gasteiger charge is -2.33. The molecule has 0 aromatic rings. The second-order valence-corrected chi connectivity index (χ2v) is 7.22. The van der Waals surface area contributed by atoms with E-state index in [4.69, 9.17) is 4.74 Å². The Kier molecular flexibility index (Phi) is 5.71. The largest absolute Gasteiger partial charge is 0.392 e. The standard InChI is InChI=1S/C17H30N2O3/c20-14-9-16(13-5-2-1-3-6-13)19(11-14)12-17(21)18-10-15-7-4-8-22-15/h13-16,20H,1-12H2,(H,18,21)/t14-,15+,16+/m1/s1. The van der Waals surface area contributed by atoms with Gasteiger partial charge in [0.1, 0.15) is 0 Å². The molecule has 0 bridgehead atoms. The fourth-order valence-corrected chi connectivity index (χ4v) is 4.37. The van der Waals surface area contributed by atoms with E-state index in [1.165, 1.54) is 32.1 Å². The zero-order valence-corrected chi connectivity index (χ0v) is 13.5. The summed E-state index contributed by atoms with van der Waals surface area (Å²) >= 11 is 0. The van der Waals surface area contributed by atoms with Crippen LogP contribution in [0.2, 0.25) is 0 Å². The van der Waals surface area contributed by atoms with Crippen molar-refractivity contribution < 1.29 is 14.6 Å². The van der Waals surface area contributed by atoms with Crippen molar-refractivity contribution in [1.82, 2.24) is 10.2 Å². The average molecular weight is 310 g/mol. The number of nitrogens with one attached hydrogen (secondary N) is 1. The number of ether oxygens (including phenoxy) is 1. The number of amides is 1. The van der Waals surface area contributed by atoms with E-state index < -0.39 is 0 Å². The first-order valence-electron chi connectivity index (χ1n) is 9.03. The fourth-order valence-electron chi connectivity index (χ4n) is 4.37. The summed E-state index contributed by atoms with van der Waals surface area (Å²) in [4.78, 5) is 14.4. The second-order valence-electron chi connectivity index (χ2n) is 7.22. The number of carbonyl (C=O) groups is 1. The topological polar surface area (TPSA) is 61.8 Å². The van der Waals surface area contributed by atoms with Gasteiger partial charge in [0.15, 0.2) is 0 Å². The maximum absolute atomic E-state index is 12.2. The molecule has 0 aromatic heterocycles. The summed E-state index contributed by atoms with van der Waals surface area (Å²) in [5, 5.41) is 13.0. The molecular weight excluding hydrogens is 280 g/mol. The zero-order valence-electron chi connectivity index (χ0n) is 13.5. The Morgan fingerprint density at radius 1 is 1.18 bits per heavy atom. The average Bonchev–Trinajstić information content (AvgIpc) is 3.16. The third-order valence-electron chi connectivity index (χ3n) is 5.52. The van der Waals surface area contributed by atoms with Crippen LogP contribution in [0, 0.1) is 5.92 Å². The SMILES string of the molecule is O=C(CN1C[C@H](O)C[C@H]1C1CCCCC1)NC[C@@H]1CCCO1. The molecule has 0 aromatic carbocycles. The maximum atomic E-state index is 12.2. The number of hydrogen-bond acceptors (Lipinski definition) is 4. The molecular formula is C17H30N2O3. The minimum Gasteiger partial charge on any atom is -0.392 e. The molecule has 126 valence electrons. The van der Waals surface area contributed by atoms with E-state index in [2.05, 4.69) is 10.2 Å². The van der Waals surface area contributed by atoms with Crippen molar-refractivity contribution in [3.05, 3.63) is 0 Å². The Bertz CT molecular complexity index is 365. The first-order chi connectivity index (χ1) is 10.7. The summed E-state index contributed by atoms with van der Waals surface area (Å²) in [7, 11) is 0. The summed E-state index contributed by atoms with van der Waals surface area (Å²) in [6, 6.07) is 0.392. The van der Waals surface area contributed by atoms with E-state index in [-0.39, 0.29) is 18.1 Å². The predicted octanol–water partition coefficient (Wildman–Crippen LogP) is 1.30. The van der Waals surface area contributed by atoms with Crippen LogP contribution in [0.1, 0.15) is 51.4 Å². The monoisotopic (exact) mass is 310 g/mol. The Hall–Kier alpha value is -0.650. The molecule has 2 heterocycles. The Balaban J connectivity index is 1.47. The van der Waals surface area contributed by atoms with Crippen LogP contribution in [0.25, 0.3) is 0 Å². The molecule has 2 saturated heterocycles. The smallest absolute Gasteiger partial charge is 0.234 e. The van der Waals surface area contributed by atoms with Gasteiger partial charge in [0, 0.05) is 25.7 Å². The molecule has 3 aliphatic rings. The molecule has 5 nitrogen and oxygen atoms in total. The van der Waals surface area contributed by atoms with E-state index in [0.29, 0.717) is 31.6 Å². The van der Waals surface area contributed by atoms with Gasteiger partial charge in [-0.2, -0.15) is 0 Å². The van der Waals surface area contributed by atoms with Crippen LogP contribution < -0.4 is 5.32 Å². The zero-order chi connectivity index (χ0) is 15.4. The first kappa shape index (κ1) is 16.2. The fraction of sp³-hybridized carbons (Fsp3) is 0.941. The molecule has 1 saturated carbocycles. The summed E-state index contributed by atoms with van der Waals surface area (Å²) in [6.07, 6.45) is 9.37. The molecule has 3 rings (SSSR count). The normalized spacial score (nSPS) is 34.1. The number of carbonyl (C=O) groups excluding carboxylic acids is 1. The number of hydrogen-bond donors (Lipinski definition) is 2. The number of likely N-dealkylation sites (tertiary alicyclic amines) is 1. The van der Waals surface area contributed by atoms with Gasteiger partial charge >= 0.3 is 0 Å². The van der Waals surface area contributed by atoms with E-state index >= 15 is 0 Å². The molecule has 2 N–H and O–H groups in total. The van der Waals surface area contributed by atoms with Gasteiger partial charge in [-0.05, 0) is 38.0 Å². The molecule has 1 amide bonds. The van der Waals surface area contributed by atoms with Crippen LogP contribution in [0.4, 0.5) is 0 Å². The quantitative estimate of drug-likeness (QED) is 0.803. The maximum Gasteiger partial charge on any atom is 0.234 e. The second kappa shape index (κ2) is 7.75. The molecule has 22 heavy (non-hydrogen) atoms. The van der Waals surface area contributed by atoms with Crippen molar-refractivity contribution in [2.75, 3.05) is 26.2 Å². The van der Waals surface area contributed by atoms with Gasteiger partial charge in [-0.15, -0.1) is 0 Å². The molecule has 0 spiro atoms. The van der Waals surface area contributed by atoms with Crippen molar-refractivity contribution in [2.45, 2.75) is 69.6 Å². The van der Waals surface area contributed by atoms with Crippen LogP contribution >= 0.6 is 0 Å². The number of rotatable bonds is 5. The first-order valence-corrected chi connectivity index (χ1v) is 9.03. The van der Waals surface area contributed by atoms with Gasteiger partial charge in [0.25, 0.3) is 0 Å². The van der Waals surface area contributed by atoms with Crippen LogP contribution in [0.3, 0.4) is 0 Å². The lowest BCUT2D eigenvalue weighted by atomic mass is 9.83. The summed E-state index contributed by atoms with van der Waals surface area (Å²) in [6.45, 7) is 2.52. The molecule has 3 fully saturated rings. The van der Waals surface area contributed by atoms with E-state index in [1.54, 1.807) is 0 Å². The molecule has 0 radical (unpaired) electrons. The predicted molar refractivity (Wildman–Crippen MR) is 84.5 cm³/mol. The Morgan fingerprint density at radius 2 is 2.00 bits per heavy atom. The Labute approximate surface area is 133 Å². The number of β-amino-alcohol motifs (C(OH)–C–C–N with tert-alkyl or cyclic N) is 1. The number of nitrogens with zero attached hydrogens (tertiary/aromatic N) is 1. The number of aliphatic hydroxyl groups is 1. The molecule has 5 heteroatoms. The minimum absolute atomic E-state index is 0.0745. The van der Waals surface area contributed by atoms with Crippen molar-refractivity contribution in [1.29, 1.82) is 0 Å². The summed E-state index contributed by atoms with van der Waals surface area (Å²) < 4.78 is 5.54. The minimum atomic E-state index is -0.266. The van der Waals surface area contributed by atoms with Gasteiger partial charge in [0.2, 0.25) is 5.91 Å². The molecule has 2 aliphatic heterocycles.